The lowest BCUT2D eigenvalue weighted by Crippen LogP contribution is -2.24. The quantitative estimate of drug-likeness (QED) is 0.901. The number of hydrogen-bond acceptors (Lipinski definition) is 3. The molecule has 4 nitrogen and oxygen atoms in total. The summed E-state index contributed by atoms with van der Waals surface area (Å²) in [5.74, 6) is -0.831. The number of rotatable bonds is 4. The molecule has 0 aliphatic rings. The van der Waals surface area contributed by atoms with Crippen molar-refractivity contribution in [2.24, 2.45) is 0 Å². The second-order valence-corrected chi connectivity index (χ2v) is 6.86. The van der Waals surface area contributed by atoms with Crippen LogP contribution in [0.2, 0.25) is 0 Å². The minimum absolute atomic E-state index is 0.0205. The molecule has 0 aliphatic carbocycles. The van der Waals surface area contributed by atoms with Gasteiger partial charge in [-0.15, -0.1) is 0 Å². The van der Waals surface area contributed by atoms with Crippen molar-refractivity contribution in [3.63, 3.8) is 0 Å². The number of nitriles is 1. The molecule has 2 rings (SSSR count). The fourth-order valence-corrected chi connectivity index (χ4v) is 3.11. The molecule has 0 amide bonds. The first kappa shape index (κ1) is 15.6. The van der Waals surface area contributed by atoms with Crippen LogP contribution in [0.1, 0.15) is 11.1 Å². The van der Waals surface area contributed by atoms with Gasteiger partial charge < -0.3 is 0 Å². The summed E-state index contributed by atoms with van der Waals surface area (Å²) in [6, 6.07) is 12.2. The molecule has 1 N–H and O–H groups in total. The highest BCUT2D eigenvalue weighted by Crippen LogP contribution is 2.19. The molecule has 0 radical (unpaired) electrons. The summed E-state index contributed by atoms with van der Waals surface area (Å²) in [4.78, 5) is -0.415. The first-order valence-electron chi connectivity index (χ1n) is 5.86. The van der Waals surface area contributed by atoms with Crippen LogP contribution in [0.4, 0.5) is 4.39 Å². The van der Waals surface area contributed by atoms with Gasteiger partial charge >= 0.3 is 0 Å². The lowest BCUT2D eigenvalue weighted by molar-refractivity contribution is 0.556. The highest BCUT2D eigenvalue weighted by molar-refractivity contribution is 9.10. The molecule has 2 aromatic carbocycles. The number of nitrogens with zero attached hydrogens (tertiary/aromatic N) is 1. The third kappa shape index (κ3) is 3.88. The van der Waals surface area contributed by atoms with Gasteiger partial charge in [0.2, 0.25) is 10.0 Å². The van der Waals surface area contributed by atoms with Gasteiger partial charge in [-0.1, -0.05) is 28.1 Å². The maximum Gasteiger partial charge on any atom is 0.243 e. The maximum absolute atomic E-state index is 13.7. The molecule has 0 bridgehead atoms. The Morgan fingerprint density at radius 3 is 2.67 bits per heavy atom. The summed E-state index contributed by atoms with van der Waals surface area (Å²) in [7, 11) is -3.95. The Labute approximate surface area is 130 Å². The van der Waals surface area contributed by atoms with E-state index in [9.17, 15) is 12.8 Å². The van der Waals surface area contributed by atoms with Crippen molar-refractivity contribution in [1.82, 2.24) is 4.72 Å². The molecular formula is C14H10BrFN2O2S. The third-order valence-electron chi connectivity index (χ3n) is 2.71. The zero-order chi connectivity index (χ0) is 15.5. The van der Waals surface area contributed by atoms with Crippen LogP contribution in [-0.4, -0.2) is 8.42 Å². The number of benzene rings is 2. The topological polar surface area (TPSA) is 70.0 Å². The summed E-state index contributed by atoms with van der Waals surface area (Å²) >= 11 is 3.07. The second-order valence-electron chi connectivity index (χ2n) is 4.21. The van der Waals surface area contributed by atoms with Crippen molar-refractivity contribution in [3.05, 3.63) is 63.9 Å². The predicted molar refractivity (Wildman–Crippen MR) is 79.3 cm³/mol. The van der Waals surface area contributed by atoms with E-state index in [-0.39, 0.29) is 6.54 Å². The van der Waals surface area contributed by atoms with E-state index in [4.69, 9.17) is 5.26 Å². The van der Waals surface area contributed by atoms with Crippen LogP contribution in [0.15, 0.2) is 51.8 Å². The molecular weight excluding hydrogens is 359 g/mol. The molecule has 0 atom stereocenters. The minimum Gasteiger partial charge on any atom is -0.207 e. The monoisotopic (exact) mass is 368 g/mol. The largest absolute Gasteiger partial charge is 0.243 e. The normalized spacial score (nSPS) is 11.1. The van der Waals surface area contributed by atoms with Crippen LogP contribution in [0.25, 0.3) is 0 Å². The fourth-order valence-electron chi connectivity index (χ4n) is 1.70. The Bertz CT molecular complexity index is 816. The van der Waals surface area contributed by atoms with Gasteiger partial charge in [0, 0.05) is 11.0 Å². The van der Waals surface area contributed by atoms with Crippen molar-refractivity contribution in [1.29, 1.82) is 5.26 Å². The lowest BCUT2D eigenvalue weighted by Gasteiger charge is -2.08. The molecule has 0 saturated heterocycles. The van der Waals surface area contributed by atoms with Crippen LogP contribution in [0.5, 0.6) is 0 Å². The second kappa shape index (κ2) is 6.35. The summed E-state index contributed by atoms with van der Waals surface area (Å²) in [6.45, 7) is -0.0205. The van der Waals surface area contributed by atoms with E-state index >= 15 is 0 Å². The zero-order valence-electron chi connectivity index (χ0n) is 10.7. The van der Waals surface area contributed by atoms with E-state index in [0.717, 1.165) is 6.07 Å². The van der Waals surface area contributed by atoms with Crippen LogP contribution in [0, 0.1) is 17.1 Å². The number of halogens is 2. The van der Waals surface area contributed by atoms with Gasteiger partial charge in [-0.25, -0.2) is 17.5 Å². The van der Waals surface area contributed by atoms with Gasteiger partial charge in [-0.2, -0.15) is 5.26 Å². The maximum atomic E-state index is 13.7. The number of hydrogen-bond donors (Lipinski definition) is 1. The zero-order valence-corrected chi connectivity index (χ0v) is 13.1. The summed E-state index contributed by atoms with van der Waals surface area (Å²) < 4.78 is 40.6. The Balaban J connectivity index is 2.20. The molecule has 0 aromatic heterocycles. The van der Waals surface area contributed by atoms with Crippen molar-refractivity contribution >= 4 is 26.0 Å². The molecule has 0 aliphatic heterocycles. The molecule has 108 valence electrons. The fraction of sp³-hybridized carbons (Fsp3) is 0.0714. The molecule has 21 heavy (non-hydrogen) atoms. The van der Waals surface area contributed by atoms with Gasteiger partial charge in [0.15, 0.2) is 0 Å². The van der Waals surface area contributed by atoms with Gasteiger partial charge in [0.25, 0.3) is 0 Å². The molecule has 0 saturated carbocycles. The van der Waals surface area contributed by atoms with Crippen molar-refractivity contribution < 1.29 is 12.8 Å². The summed E-state index contributed by atoms with van der Waals surface area (Å²) in [5.41, 5.74) is 1.05. The van der Waals surface area contributed by atoms with Crippen LogP contribution in [-0.2, 0) is 16.6 Å². The highest BCUT2D eigenvalue weighted by atomic mass is 79.9. The molecule has 0 unspecified atom stereocenters. The van der Waals surface area contributed by atoms with E-state index < -0.39 is 20.7 Å². The first-order chi connectivity index (χ1) is 9.92. The van der Waals surface area contributed by atoms with Gasteiger partial charge in [-0.05, 0) is 35.9 Å². The predicted octanol–water partition coefficient (Wildman–Crippen LogP) is 2.94. The standard InChI is InChI=1S/C14H10BrFN2O2S/c15-12-4-5-14(13(16)7-12)21(19,20)18-9-11-3-1-2-10(6-11)8-17/h1-7,18H,9H2. The van der Waals surface area contributed by atoms with E-state index in [0.29, 0.717) is 15.6 Å². The van der Waals surface area contributed by atoms with E-state index in [2.05, 4.69) is 20.7 Å². The van der Waals surface area contributed by atoms with Crippen LogP contribution < -0.4 is 4.72 Å². The summed E-state index contributed by atoms with van der Waals surface area (Å²) in [6.07, 6.45) is 0. The van der Waals surface area contributed by atoms with Crippen molar-refractivity contribution in [3.8, 4) is 6.07 Å². The Morgan fingerprint density at radius 1 is 1.24 bits per heavy atom. The molecule has 0 fully saturated rings. The Hall–Kier alpha value is -1.75. The smallest absolute Gasteiger partial charge is 0.207 e. The SMILES string of the molecule is N#Cc1cccc(CNS(=O)(=O)c2ccc(Br)cc2F)c1. The summed E-state index contributed by atoms with van der Waals surface area (Å²) in [5, 5.41) is 8.79. The van der Waals surface area contributed by atoms with E-state index in [1.165, 1.54) is 12.1 Å². The molecule has 0 heterocycles. The third-order valence-corrected chi connectivity index (χ3v) is 4.63. The van der Waals surface area contributed by atoms with Gasteiger partial charge in [0.1, 0.15) is 10.7 Å². The average Bonchev–Trinajstić information content (AvgIpc) is 2.45. The Kier molecular flexibility index (Phi) is 4.73. The van der Waals surface area contributed by atoms with E-state index in [1.807, 2.05) is 6.07 Å². The van der Waals surface area contributed by atoms with Gasteiger partial charge in [0.05, 0.1) is 11.6 Å². The van der Waals surface area contributed by atoms with Crippen LogP contribution in [0.3, 0.4) is 0 Å². The van der Waals surface area contributed by atoms with Crippen molar-refractivity contribution in [2.45, 2.75) is 11.4 Å². The van der Waals surface area contributed by atoms with Crippen molar-refractivity contribution in [2.75, 3.05) is 0 Å². The number of sulfonamides is 1. The highest BCUT2D eigenvalue weighted by Gasteiger charge is 2.18. The first-order valence-corrected chi connectivity index (χ1v) is 8.14. The average molecular weight is 369 g/mol. The molecule has 7 heteroatoms. The van der Waals surface area contributed by atoms with E-state index in [1.54, 1.807) is 24.3 Å². The number of nitrogens with one attached hydrogen (secondary N) is 1. The Morgan fingerprint density at radius 2 is 2.00 bits per heavy atom. The lowest BCUT2D eigenvalue weighted by atomic mass is 10.1. The van der Waals surface area contributed by atoms with Gasteiger partial charge in [-0.3, -0.25) is 0 Å². The minimum atomic E-state index is -3.95. The molecule has 0 spiro atoms. The molecule has 2 aromatic rings. The van der Waals surface area contributed by atoms with Crippen LogP contribution >= 0.6 is 15.9 Å².